The highest BCUT2D eigenvalue weighted by atomic mass is 32.1. The van der Waals surface area contributed by atoms with Crippen LogP contribution < -0.4 is 5.32 Å². The first-order chi connectivity index (χ1) is 9.43. The maximum Gasteiger partial charge on any atom is 0.256 e. The van der Waals surface area contributed by atoms with Gasteiger partial charge in [-0.15, -0.1) is 11.3 Å². The lowest BCUT2D eigenvalue weighted by Crippen LogP contribution is -2.13. The number of hydrogen-bond donors (Lipinski definition) is 1. The topological polar surface area (TPSA) is 52.9 Å². The fourth-order valence-corrected chi connectivity index (χ4v) is 3.09. The van der Waals surface area contributed by atoms with E-state index in [-0.39, 0.29) is 5.91 Å². The third-order valence-electron chi connectivity index (χ3n) is 3.35. The largest absolute Gasteiger partial charge is 0.312 e. The van der Waals surface area contributed by atoms with Crippen molar-refractivity contribution in [2.45, 2.75) is 27.7 Å². The van der Waals surface area contributed by atoms with E-state index in [1.165, 1.54) is 11.3 Å². The summed E-state index contributed by atoms with van der Waals surface area (Å²) >= 11 is 1.44. The van der Waals surface area contributed by atoms with Gasteiger partial charge < -0.3 is 5.32 Å². The van der Waals surface area contributed by atoms with Crippen molar-refractivity contribution in [3.63, 3.8) is 0 Å². The molecule has 3 nitrogen and oxygen atoms in total. The minimum Gasteiger partial charge on any atom is -0.312 e. The van der Waals surface area contributed by atoms with Gasteiger partial charge in [-0.2, -0.15) is 5.26 Å². The number of carbonyl (C=O) groups is 1. The molecule has 0 atom stereocenters. The first-order valence-electron chi connectivity index (χ1n) is 6.32. The van der Waals surface area contributed by atoms with Crippen LogP contribution in [0.5, 0.6) is 0 Å². The van der Waals surface area contributed by atoms with E-state index in [0.717, 1.165) is 21.6 Å². The van der Waals surface area contributed by atoms with Crippen molar-refractivity contribution in [2.24, 2.45) is 0 Å². The van der Waals surface area contributed by atoms with Gasteiger partial charge in [-0.25, -0.2) is 0 Å². The summed E-state index contributed by atoms with van der Waals surface area (Å²) < 4.78 is 0. The summed E-state index contributed by atoms with van der Waals surface area (Å²) in [6.45, 7) is 7.76. The van der Waals surface area contributed by atoms with E-state index in [2.05, 4.69) is 11.4 Å². The van der Waals surface area contributed by atoms with Crippen molar-refractivity contribution in [1.29, 1.82) is 5.26 Å². The van der Waals surface area contributed by atoms with E-state index in [0.29, 0.717) is 16.1 Å². The molecule has 1 aromatic heterocycles. The number of hydrogen-bond acceptors (Lipinski definition) is 3. The smallest absolute Gasteiger partial charge is 0.256 e. The van der Waals surface area contributed by atoms with Gasteiger partial charge in [0.15, 0.2) is 0 Å². The number of nitrogens with one attached hydrogen (secondary N) is 1. The van der Waals surface area contributed by atoms with E-state index in [1.807, 2.05) is 45.9 Å². The number of benzene rings is 1. The average Bonchev–Trinajstić information content (AvgIpc) is 2.64. The number of nitrogens with zero attached hydrogens (tertiary/aromatic N) is 1. The Hall–Kier alpha value is -2.12. The van der Waals surface area contributed by atoms with Crippen molar-refractivity contribution < 1.29 is 4.79 Å². The third kappa shape index (κ3) is 2.59. The van der Waals surface area contributed by atoms with Gasteiger partial charge in [0.1, 0.15) is 11.1 Å². The van der Waals surface area contributed by atoms with Crippen molar-refractivity contribution in [1.82, 2.24) is 0 Å². The highest BCUT2D eigenvalue weighted by molar-refractivity contribution is 7.16. The van der Waals surface area contributed by atoms with Crippen molar-refractivity contribution in [3.05, 3.63) is 50.9 Å². The number of aryl methyl sites for hydroxylation is 3. The van der Waals surface area contributed by atoms with Crippen molar-refractivity contribution >= 4 is 22.2 Å². The van der Waals surface area contributed by atoms with Gasteiger partial charge in [0.05, 0.1) is 5.56 Å². The molecular formula is C16H16N2OS. The molecule has 0 spiro atoms. The predicted octanol–water partition coefficient (Wildman–Crippen LogP) is 4.11. The van der Waals surface area contributed by atoms with E-state index >= 15 is 0 Å². The number of anilines is 1. The molecule has 0 fully saturated rings. The summed E-state index contributed by atoms with van der Waals surface area (Å²) in [7, 11) is 0. The van der Waals surface area contributed by atoms with Gasteiger partial charge in [0.2, 0.25) is 0 Å². The van der Waals surface area contributed by atoms with Gasteiger partial charge in [-0.3, -0.25) is 4.79 Å². The Labute approximate surface area is 122 Å². The van der Waals surface area contributed by atoms with Gasteiger partial charge in [0.25, 0.3) is 5.91 Å². The lowest BCUT2D eigenvalue weighted by molar-refractivity contribution is 0.102. The molecule has 0 radical (unpaired) electrons. The molecule has 20 heavy (non-hydrogen) atoms. The van der Waals surface area contributed by atoms with Crippen LogP contribution in [0.3, 0.4) is 0 Å². The zero-order valence-corrected chi connectivity index (χ0v) is 12.8. The van der Waals surface area contributed by atoms with Crippen LogP contribution in [0.1, 0.15) is 37.5 Å². The Morgan fingerprint density at radius 3 is 2.55 bits per heavy atom. The molecule has 1 amide bonds. The second-order valence-corrected chi connectivity index (χ2v) is 6.10. The lowest BCUT2D eigenvalue weighted by Gasteiger charge is -2.07. The minimum atomic E-state index is -0.166. The zero-order valence-electron chi connectivity index (χ0n) is 12.0. The Morgan fingerprint density at radius 2 is 1.95 bits per heavy atom. The Balaban J connectivity index is 2.33. The number of rotatable bonds is 2. The standard InChI is InChI=1S/C16H16N2OS/c1-9-5-6-13(10(2)7-9)15(19)18-16-14(8-17)11(3)12(4)20-16/h5-7H,1-4H3,(H,18,19). The molecule has 0 aliphatic heterocycles. The third-order valence-corrected chi connectivity index (χ3v) is 4.47. The summed E-state index contributed by atoms with van der Waals surface area (Å²) in [5.41, 5.74) is 4.20. The maximum absolute atomic E-state index is 12.3. The molecule has 4 heteroatoms. The fraction of sp³-hybridized carbons (Fsp3) is 0.250. The fourth-order valence-electron chi connectivity index (χ4n) is 2.09. The first kappa shape index (κ1) is 14.3. The van der Waals surface area contributed by atoms with Crippen LogP contribution in [-0.2, 0) is 0 Å². The Bertz CT molecular complexity index is 723. The van der Waals surface area contributed by atoms with Crippen LogP contribution in [0, 0.1) is 39.0 Å². The summed E-state index contributed by atoms with van der Waals surface area (Å²) in [6.07, 6.45) is 0. The molecule has 2 rings (SSSR count). The van der Waals surface area contributed by atoms with Gasteiger partial charge in [0, 0.05) is 10.4 Å². The van der Waals surface area contributed by atoms with E-state index in [1.54, 1.807) is 0 Å². The summed E-state index contributed by atoms with van der Waals surface area (Å²) in [6, 6.07) is 7.87. The van der Waals surface area contributed by atoms with Crippen LogP contribution >= 0.6 is 11.3 Å². The van der Waals surface area contributed by atoms with Crippen LogP contribution in [0.4, 0.5) is 5.00 Å². The van der Waals surface area contributed by atoms with E-state index in [9.17, 15) is 10.1 Å². The Morgan fingerprint density at radius 1 is 1.25 bits per heavy atom. The molecule has 1 aromatic carbocycles. The first-order valence-corrected chi connectivity index (χ1v) is 7.14. The molecule has 0 aliphatic rings. The molecule has 1 N–H and O–H groups in total. The quantitative estimate of drug-likeness (QED) is 0.902. The zero-order chi connectivity index (χ0) is 14.9. The number of carbonyl (C=O) groups excluding carboxylic acids is 1. The molecule has 0 saturated heterocycles. The monoisotopic (exact) mass is 284 g/mol. The normalized spacial score (nSPS) is 10.2. The molecule has 102 valence electrons. The van der Waals surface area contributed by atoms with Crippen LogP contribution in [0.15, 0.2) is 18.2 Å². The molecule has 0 aliphatic carbocycles. The molecule has 2 aromatic rings. The van der Waals surface area contributed by atoms with Gasteiger partial charge >= 0.3 is 0 Å². The Kier molecular flexibility index (Phi) is 3.91. The van der Waals surface area contributed by atoms with Crippen molar-refractivity contribution in [2.75, 3.05) is 5.32 Å². The van der Waals surface area contributed by atoms with Crippen LogP contribution in [0.25, 0.3) is 0 Å². The molecule has 0 bridgehead atoms. The number of nitriles is 1. The second kappa shape index (κ2) is 5.48. The maximum atomic E-state index is 12.3. The molecule has 0 saturated carbocycles. The highest BCUT2D eigenvalue weighted by Gasteiger charge is 2.16. The minimum absolute atomic E-state index is 0.166. The molecule has 1 heterocycles. The van der Waals surface area contributed by atoms with E-state index in [4.69, 9.17) is 0 Å². The SMILES string of the molecule is Cc1ccc(C(=O)Nc2sc(C)c(C)c2C#N)c(C)c1. The van der Waals surface area contributed by atoms with Gasteiger partial charge in [-0.05, 0) is 44.9 Å². The van der Waals surface area contributed by atoms with E-state index < -0.39 is 0 Å². The summed E-state index contributed by atoms with van der Waals surface area (Å²) in [5.74, 6) is -0.166. The average molecular weight is 284 g/mol. The summed E-state index contributed by atoms with van der Waals surface area (Å²) in [4.78, 5) is 13.4. The predicted molar refractivity (Wildman–Crippen MR) is 82.4 cm³/mol. The van der Waals surface area contributed by atoms with Crippen LogP contribution in [0.2, 0.25) is 0 Å². The second-order valence-electron chi connectivity index (χ2n) is 4.87. The molecule has 0 unspecified atom stereocenters. The highest BCUT2D eigenvalue weighted by Crippen LogP contribution is 2.32. The molecular weight excluding hydrogens is 268 g/mol. The van der Waals surface area contributed by atoms with Crippen molar-refractivity contribution in [3.8, 4) is 6.07 Å². The number of thiophene rings is 1. The van der Waals surface area contributed by atoms with Crippen LogP contribution in [-0.4, -0.2) is 5.91 Å². The van der Waals surface area contributed by atoms with Gasteiger partial charge in [-0.1, -0.05) is 17.7 Å². The lowest BCUT2D eigenvalue weighted by atomic mass is 10.1. The number of amides is 1. The summed E-state index contributed by atoms with van der Waals surface area (Å²) in [5, 5.41) is 12.7.